The maximum absolute atomic E-state index is 12.6. The first-order chi connectivity index (χ1) is 11.7. The smallest absolute Gasteiger partial charge is 0.275 e. The van der Waals surface area contributed by atoms with E-state index in [1.165, 1.54) is 13.0 Å². The van der Waals surface area contributed by atoms with Crippen LogP contribution in [0.25, 0.3) is 10.9 Å². The lowest BCUT2D eigenvalue weighted by molar-refractivity contribution is -0.385. The molecule has 0 amide bonds. The minimum atomic E-state index is -4.02. The van der Waals surface area contributed by atoms with Gasteiger partial charge in [-0.25, -0.2) is 8.42 Å². The number of halogens is 1. The van der Waals surface area contributed by atoms with Gasteiger partial charge in [-0.2, -0.15) is 0 Å². The number of H-pyrrole nitrogens is 1. The lowest BCUT2D eigenvalue weighted by Gasteiger charge is -2.10. The van der Waals surface area contributed by atoms with E-state index < -0.39 is 14.9 Å². The SMILES string of the molecule is Cc1cc2cc(NS(=O)(=O)c3cc(Cl)c(C)c([N+](=O)[O-])c3)ccc2[nH]1. The maximum Gasteiger partial charge on any atom is 0.275 e. The van der Waals surface area contributed by atoms with Crippen molar-refractivity contribution >= 4 is 43.9 Å². The second-order valence-corrected chi connectivity index (χ2v) is 7.76. The number of aromatic nitrogens is 1. The number of hydrogen-bond donors (Lipinski definition) is 2. The number of nitrogens with one attached hydrogen (secondary N) is 2. The van der Waals surface area contributed by atoms with Crippen molar-refractivity contribution in [3.05, 3.63) is 62.8 Å². The first kappa shape index (κ1) is 17.2. The Hall–Kier alpha value is -2.58. The van der Waals surface area contributed by atoms with E-state index in [4.69, 9.17) is 11.6 Å². The van der Waals surface area contributed by atoms with Crippen LogP contribution in [0, 0.1) is 24.0 Å². The summed E-state index contributed by atoms with van der Waals surface area (Å²) in [7, 11) is -4.02. The van der Waals surface area contributed by atoms with E-state index >= 15 is 0 Å². The Morgan fingerprint density at radius 2 is 1.88 bits per heavy atom. The summed E-state index contributed by atoms with van der Waals surface area (Å²) in [4.78, 5) is 13.3. The highest BCUT2D eigenvalue weighted by atomic mass is 35.5. The Balaban J connectivity index is 2.02. The van der Waals surface area contributed by atoms with Crippen LogP contribution in [-0.2, 0) is 10.0 Å². The van der Waals surface area contributed by atoms with Crippen molar-refractivity contribution in [3.63, 3.8) is 0 Å². The molecule has 0 atom stereocenters. The highest BCUT2D eigenvalue weighted by Crippen LogP contribution is 2.30. The quantitative estimate of drug-likeness (QED) is 0.524. The molecule has 1 aromatic heterocycles. The van der Waals surface area contributed by atoms with Crippen molar-refractivity contribution in [2.24, 2.45) is 0 Å². The average molecular weight is 380 g/mol. The van der Waals surface area contributed by atoms with Gasteiger partial charge in [0.05, 0.1) is 14.8 Å². The third-order valence-electron chi connectivity index (χ3n) is 3.81. The van der Waals surface area contributed by atoms with Gasteiger partial charge in [-0.05, 0) is 44.2 Å². The van der Waals surface area contributed by atoms with Crippen LogP contribution in [0.2, 0.25) is 5.02 Å². The molecule has 7 nitrogen and oxygen atoms in total. The zero-order valence-electron chi connectivity index (χ0n) is 13.3. The molecule has 3 rings (SSSR count). The molecule has 0 aliphatic carbocycles. The zero-order valence-corrected chi connectivity index (χ0v) is 14.9. The van der Waals surface area contributed by atoms with Gasteiger partial charge in [0.15, 0.2) is 0 Å². The van der Waals surface area contributed by atoms with Crippen LogP contribution in [0.3, 0.4) is 0 Å². The van der Waals surface area contributed by atoms with Crippen LogP contribution in [0.1, 0.15) is 11.3 Å². The van der Waals surface area contributed by atoms with Gasteiger partial charge >= 0.3 is 0 Å². The second-order valence-electron chi connectivity index (χ2n) is 5.67. The Morgan fingerprint density at radius 1 is 1.16 bits per heavy atom. The van der Waals surface area contributed by atoms with Crippen molar-refractivity contribution in [1.82, 2.24) is 4.98 Å². The number of sulfonamides is 1. The molecule has 0 aliphatic rings. The topological polar surface area (TPSA) is 105 Å². The fourth-order valence-electron chi connectivity index (χ4n) is 2.54. The molecular weight excluding hydrogens is 366 g/mol. The maximum atomic E-state index is 12.6. The summed E-state index contributed by atoms with van der Waals surface area (Å²) < 4.78 is 27.6. The monoisotopic (exact) mass is 379 g/mol. The van der Waals surface area contributed by atoms with Crippen LogP contribution in [0.4, 0.5) is 11.4 Å². The summed E-state index contributed by atoms with van der Waals surface area (Å²) in [5, 5.41) is 12.0. The number of anilines is 1. The molecule has 2 N–H and O–H groups in total. The van der Waals surface area contributed by atoms with Gasteiger partial charge in [0.1, 0.15) is 0 Å². The molecule has 9 heteroatoms. The molecule has 3 aromatic rings. The van der Waals surface area contributed by atoms with Crippen molar-refractivity contribution < 1.29 is 13.3 Å². The molecule has 2 aromatic carbocycles. The third kappa shape index (κ3) is 3.31. The molecule has 0 radical (unpaired) electrons. The van der Waals surface area contributed by atoms with Crippen molar-refractivity contribution in [2.75, 3.05) is 4.72 Å². The van der Waals surface area contributed by atoms with Crippen molar-refractivity contribution in [3.8, 4) is 0 Å². The largest absolute Gasteiger partial charge is 0.359 e. The normalized spacial score (nSPS) is 11.6. The standard InChI is InChI=1S/C16H14ClN3O4S/c1-9-5-11-6-12(3-4-15(11)18-9)19-25(23,24)13-7-14(17)10(2)16(8-13)20(21)22/h3-8,18-19H,1-2H3. The van der Waals surface area contributed by atoms with E-state index in [9.17, 15) is 18.5 Å². The Kier molecular flexibility index (Phi) is 4.18. The molecule has 25 heavy (non-hydrogen) atoms. The van der Waals surface area contributed by atoms with Gasteiger partial charge in [0, 0.05) is 33.9 Å². The van der Waals surface area contributed by atoms with Gasteiger partial charge in [0.2, 0.25) is 0 Å². The molecule has 0 unspecified atom stereocenters. The summed E-state index contributed by atoms with van der Waals surface area (Å²) in [5.41, 5.74) is 2.07. The van der Waals surface area contributed by atoms with E-state index in [0.717, 1.165) is 22.7 Å². The van der Waals surface area contributed by atoms with Crippen LogP contribution >= 0.6 is 11.6 Å². The Morgan fingerprint density at radius 3 is 2.56 bits per heavy atom. The number of nitrogens with zero attached hydrogens (tertiary/aromatic N) is 1. The lowest BCUT2D eigenvalue weighted by atomic mass is 10.2. The van der Waals surface area contributed by atoms with Gasteiger partial charge in [0.25, 0.3) is 15.7 Å². The second kappa shape index (κ2) is 6.05. The third-order valence-corrected chi connectivity index (χ3v) is 5.56. The van der Waals surface area contributed by atoms with Crippen LogP contribution in [-0.4, -0.2) is 18.3 Å². The Labute approximate surface area is 148 Å². The molecule has 0 saturated heterocycles. The van der Waals surface area contributed by atoms with Gasteiger partial charge in [-0.1, -0.05) is 11.6 Å². The predicted octanol–water partition coefficient (Wildman–Crippen LogP) is 4.15. The number of aryl methyl sites for hydroxylation is 1. The molecule has 0 saturated carbocycles. The predicted molar refractivity (Wildman–Crippen MR) is 96.7 cm³/mol. The van der Waals surface area contributed by atoms with Crippen LogP contribution < -0.4 is 4.72 Å². The highest BCUT2D eigenvalue weighted by Gasteiger charge is 2.22. The number of rotatable bonds is 4. The zero-order chi connectivity index (χ0) is 18.4. The fourth-order valence-corrected chi connectivity index (χ4v) is 3.91. The number of fused-ring (bicyclic) bond motifs is 1. The highest BCUT2D eigenvalue weighted by molar-refractivity contribution is 7.92. The van der Waals surface area contributed by atoms with E-state index in [0.29, 0.717) is 5.69 Å². The molecule has 0 spiro atoms. The molecule has 0 bridgehead atoms. The summed E-state index contributed by atoms with van der Waals surface area (Å²) in [6.45, 7) is 3.36. The first-order valence-corrected chi connectivity index (χ1v) is 9.10. The molecule has 0 aliphatic heterocycles. The number of aromatic amines is 1. The van der Waals surface area contributed by atoms with Crippen molar-refractivity contribution in [2.45, 2.75) is 18.7 Å². The molecular formula is C16H14ClN3O4S. The van der Waals surface area contributed by atoms with Crippen LogP contribution in [0.5, 0.6) is 0 Å². The average Bonchev–Trinajstić information content (AvgIpc) is 2.88. The van der Waals surface area contributed by atoms with Crippen molar-refractivity contribution in [1.29, 1.82) is 0 Å². The first-order valence-electron chi connectivity index (χ1n) is 7.24. The van der Waals surface area contributed by atoms with E-state index in [-0.39, 0.29) is 21.2 Å². The number of hydrogen-bond acceptors (Lipinski definition) is 4. The van der Waals surface area contributed by atoms with Crippen LogP contribution in [0.15, 0.2) is 41.3 Å². The summed E-state index contributed by atoms with van der Waals surface area (Å²) in [6.07, 6.45) is 0. The molecule has 0 fully saturated rings. The number of nitro groups is 1. The van der Waals surface area contributed by atoms with Gasteiger partial charge in [-0.15, -0.1) is 0 Å². The minimum absolute atomic E-state index is 0.0197. The van der Waals surface area contributed by atoms with E-state index in [2.05, 4.69) is 9.71 Å². The number of benzene rings is 2. The lowest BCUT2D eigenvalue weighted by Crippen LogP contribution is -2.13. The fraction of sp³-hybridized carbons (Fsp3) is 0.125. The summed E-state index contributed by atoms with van der Waals surface area (Å²) >= 11 is 5.95. The van der Waals surface area contributed by atoms with Gasteiger partial charge in [-0.3, -0.25) is 14.8 Å². The van der Waals surface area contributed by atoms with Gasteiger partial charge < -0.3 is 4.98 Å². The minimum Gasteiger partial charge on any atom is -0.359 e. The molecule has 1 heterocycles. The molecule has 130 valence electrons. The summed E-state index contributed by atoms with van der Waals surface area (Å²) in [5.74, 6) is 0. The summed E-state index contributed by atoms with van der Waals surface area (Å²) in [6, 6.07) is 9.14. The van der Waals surface area contributed by atoms with E-state index in [1.807, 2.05) is 13.0 Å². The number of nitro benzene ring substituents is 1. The van der Waals surface area contributed by atoms with E-state index in [1.54, 1.807) is 18.2 Å². The Bertz CT molecular complexity index is 1110.